The van der Waals surface area contributed by atoms with Crippen molar-refractivity contribution in [1.29, 1.82) is 0 Å². The molecule has 0 aromatic heterocycles. The predicted octanol–water partition coefficient (Wildman–Crippen LogP) is -0.360. The van der Waals surface area contributed by atoms with Gasteiger partial charge < -0.3 is 10.6 Å². The van der Waals surface area contributed by atoms with Gasteiger partial charge in [0.25, 0.3) is 0 Å². The summed E-state index contributed by atoms with van der Waals surface area (Å²) in [5.74, 6) is 0.411. The number of nitrogens with one attached hydrogen (secondary N) is 1. The van der Waals surface area contributed by atoms with Crippen LogP contribution >= 0.6 is 0 Å². The Morgan fingerprint density at radius 3 is 2.50 bits per heavy atom. The molecule has 1 heterocycles. The van der Waals surface area contributed by atoms with E-state index in [1.54, 1.807) is 0 Å². The SMILES string of the molecule is CCC(CN)CC(=O)NN1CCN(C)CC1. The first kappa shape index (κ1) is 13.4. The number of hydrazine groups is 1. The lowest BCUT2D eigenvalue weighted by Crippen LogP contribution is -2.52. The van der Waals surface area contributed by atoms with Crippen molar-refractivity contribution >= 4 is 5.91 Å². The fourth-order valence-corrected chi connectivity index (χ4v) is 1.80. The minimum Gasteiger partial charge on any atom is -0.330 e. The van der Waals surface area contributed by atoms with E-state index in [0.717, 1.165) is 32.6 Å². The van der Waals surface area contributed by atoms with Crippen LogP contribution in [0.15, 0.2) is 0 Å². The van der Waals surface area contributed by atoms with Gasteiger partial charge in [0.1, 0.15) is 0 Å². The van der Waals surface area contributed by atoms with Gasteiger partial charge in [-0.05, 0) is 19.5 Å². The number of nitrogens with zero attached hydrogens (tertiary/aromatic N) is 2. The normalized spacial score (nSPS) is 20.7. The Bertz CT molecular complexity index is 210. The van der Waals surface area contributed by atoms with Crippen LogP contribution in [-0.4, -0.2) is 55.6 Å². The van der Waals surface area contributed by atoms with E-state index in [9.17, 15) is 4.79 Å². The van der Waals surface area contributed by atoms with Gasteiger partial charge in [0.15, 0.2) is 0 Å². The number of likely N-dealkylation sites (N-methyl/N-ethyl adjacent to an activating group) is 1. The molecule has 5 nitrogen and oxygen atoms in total. The molecule has 0 radical (unpaired) electrons. The van der Waals surface area contributed by atoms with Crippen molar-refractivity contribution in [3.63, 3.8) is 0 Å². The molecule has 1 unspecified atom stereocenters. The molecular weight excluding hydrogens is 204 g/mol. The molecule has 94 valence electrons. The molecule has 5 heteroatoms. The summed E-state index contributed by atoms with van der Waals surface area (Å²) in [6, 6.07) is 0. The minimum absolute atomic E-state index is 0.0989. The fourth-order valence-electron chi connectivity index (χ4n) is 1.80. The highest BCUT2D eigenvalue weighted by Gasteiger charge is 2.17. The molecule has 0 aromatic rings. The van der Waals surface area contributed by atoms with Gasteiger partial charge in [-0.15, -0.1) is 0 Å². The minimum atomic E-state index is 0.0989. The molecule has 1 aliphatic heterocycles. The maximum absolute atomic E-state index is 11.7. The van der Waals surface area contributed by atoms with Crippen LogP contribution in [0.3, 0.4) is 0 Å². The van der Waals surface area contributed by atoms with Gasteiger partial charge in [0, 0.05) is 32.6 Å². The first-order chi connectivity index (χ1) is 7.65. The van der Waals surface area contributed by atoms with E-state index < -0.39 is 0 Å². The molecule has 1 saturated heterocycles. The molecule has 1 aliphatic rings. The molecule has 1 rings (SSSR count). The standard InChI is InChI=1S/C11H24N4O/c1-3-10(9-12)8-11(16)13-15-6-4-14(2)5-7-15/h10H,3-9,12H2,1-2H3,(H,13,16). The predicted molar refractivity (Wildman–Crippen MR) is 64.7 cm³/mol. The van der Waals surface area contributed by atoms with Crippen molar-refractivity contribution in [3.05, 3.63) is 0 Å². The zero-order valence-corrected chi connectivity index (χ0v) is 10.4. The van der Waals surface area contributed by atoms with Crippen LogP contribution in [0.25, 0.3) is 0 Å². The van der Waals surface area contributed by atoms with Crippen LogP contribution in [-0.2, 0) is 4.79 Å². The average Bonchev–Trinajstić information content (AvgIpc) is 2.29. The van der Waals surface area contributed by atoms with E-state index in [2.05, 4.69) is 24.3 Å². The van der Waals surface area contributed by atoms with Crippen LogP contribution in [0.2, 0.25) is 0 Å². The zero-order chi connectivity index (χ0) is 12.0. The van der Waals surface area contributed by atoms with E-state index in [-0.39, 0.29) is 5.91 Å². The average molecular weight is 228 g/mol. The lowest BCUT2D eigenvalue weighted by atomic mass is 10.0. The first-order valence-corrected chi connectivity index (χ1v) is 6.08. The first-order valence-electron chi connectivity index (χ1n) is 6.08. The van der Waals surface area contributed by atoms with E-state index in [1.165, 1.54) is 0 Å². The monoisotopic (exact) mass is 228 g/mol. The van der Waals surface area contributed by atoms with Crippen molar-refractivity contribution in [2.24, 2.45) is 11.7 Å². The number of hydrogen-bond donors (Lipinski definition) is 2. The Morgan fingerprint density at radius 2 is 2.00 bits per heavy atom. The summed E-state index contributed by atoms with van der Waals surface area (Å²) in [4.78, 5) is 14.0. The van der Waals surface area contributed by atoms with E-state index in [1.807, 2.05) is 5.01 Å². The highest BCUT2D eigenvalue weighted by molar-refractivity contribution is 5.75. The van der Waals surface area contributed by atoms with Crippen LogP contribution in [0.4, 0.5) is 0 Å². The van der Waals surface area contributed by atoms with E-state index >= 15 is 0 Å². The second-order valence-corrected chi connectivity index (χ2v) is 4.54. The number of carbonyl (C=O) groups is 1. The molecule has 0 bridgehead atoms. The molecule has 0 aliphatic carbocycles. The Kier molecular flexibility index (Phi) is 5.73. The summed E-state index contributed by atoms with van der Waals surface area (Å²) in [6.45, 7) is 6.49. The molecular formula is C11H24N4O. The summed E-state index contributed by atoms with van der Waals surface area (Å²) in [5, 5.41) is 2.01. The molecule has 16 heavy (non-hydrogen) atoms. The van der Waals surface area contributed by atoms with Gasteiger partial charge in [-0.2, -0.15) is 0 Å². The number of piperazine rings is 1. The molecule has 3 N–H and O–H groups in total. The highest BCUT2D eigenvalue weighted by Crippen LogP contribution is 2.06. The van der Waals surface area contributed by atoms with Crippen molar-refractivity contribution in [3.8, 4) is 0 Å². The third kappa shape index (κ3) is 4.47. The fraction of sp³-hybridized carbons (Fsp3) is 0.909. The topological polar surface area (TPSA) is 61.6 Å². The quantitative estimate of drug-likeness (QED) is 0.674. The van der Waals surface area contributed by atoms with Crippen molar-refractivity contribution in [1.82, 2.24) is 15.3 Å². The molecule has 0 spiro atoms. The van der Waals surface area contributed by atoms with Gasteiger partial charge in [0.2, 0.25) is 5.91 Å². The van der Waals surface area contributed by atoms with E-state index in [0.29, 0.717) is 18.9 Å². The van der Waals surface area contributed by atoms with Crippen molar-refractivity contribution in [2.75, 3.05) is 39.8 Å². The van der Waals surface area contributed by atoms with Crippen molar-refractivity contribution in [2.45, 2.75) is 19.8 Å². The molecule has 0 aromatic carbocycles. The van der Waals surface area contributed by atoms with Gasteiger partial charge in [-0.1, -0.05) is 13.3 Å². The van der Waals surface area contributed by atoms with Gasteiger partial charge in [-0.3, -0.25) is 10.2 Å². The van der Waals surface area contributed by atoms with E-state index in [4.69, 9.17) is 5.73 Å². The van der Waals surface area contributed by atoms with Crippen LogP contribution in [0.1, 0.15) is 19.8 Å². The van der Waals surface area contributed by atoms with Gasteiger partial charge in [0.05, 0.1) is 0 Å². The van der Waals surface area contributed by atoms with Crippen LogP contribution < -0.4 is 11.2 Å². The summed E-state index contributed by atoms with van der Waals surface area (Å²) < 4.78 is 0. The molecule has 1 fully saturated rings. The summed E-state index contributed by atoms with van der Waals surface area (Å²) in [6.07, 6.45) is 1.51. The molecule has 0 saturated carbocycles. The number of carbonyl (C=O) groups excluding carboxylic acids is 1. The smallest absolute Gasteiger partial charge is 0.234 e. The summed E-state index contributed by atoms with van der Waals surface area (Å²) in [5.41, 5.74) is 8.53. The number of rotatable bonds is 5. The largest absolute Gasteiger partial charge is 0.330 e. The Labute approximate surface area is 97.9 Å². The highest BCUT2D eigenvalue weighted by atomic mass is 16.2. The van der Waals surface area contributed by atoms with Crippen LogP contribution in [0, 0.1) is 5.92 Å². The second kappa shape index (κ2) is 6.83. The number of amides is 1. The Morgan fingerprint density at radius 1 is 1.38 bits per heavy atom. The maximum atomic E-state index is 11.7. The number of hydrogen-bond acceptors (Lipinski definition) is 4. The second-order valence-electron chi connectivity index (χ2n) is 4.54. The molecule has 1 amide bonds. The molecule has 1 atom stereocenters. The maximum Gasteiger partial charge on any atom is 0.234 e. The van der Waals surface area contributed by atoms with Gasteiger partial charge in [-0.25, -0.2) is 5.01 Å². The third-order valence-electron chi connectivity index (χ3n) is 3.17. The number of nitrogens with two attached hydrogens (primary N) is 1. The van der Waals surface area contributed by atoms with Crippen LogP contribution in [0.5, 0.6) is 0 Å². The summed E-state index contributed by atoms with van der Waals surface area (Å²) >= 11 is 0. The van der Waals surface area contributed by atoms with Gasteiger partial charge >= 0.3 is 0 Å². The third-order valence-corrected chi connectivity index (χ3v) is 3.17. The lowest BCUT2D eigenvalue weighted by molar-refractivity contribution is -0.127. The summed E-state index contributed by atoms with van der Waals surface area (Å²) in [7, 11) is 2.10. The van der Waals surface area contributed by atoms with Crippen molar-refractivity contribution < 1.29 is 4.79 Å². The zero-order valence-electron chi connectivity index (χ0n) is 10.4. The Balaban J connectivity index is 2.23. The lowest BCUT2D eigenvalue weighted by Gasteiger charge is -2.32. The Hall–Kier alpha value is -0.650.